The Balaban J connectivity index is 1.95. The van der Waals surface area contributed by atoms with E-state index in [1.54, 1.807) is 0 Å². The van der Waals surface area contributed by atoms with Gasteiger partial charge in [0.15, 0.2) is 0 Å². The highest BCUT2D eigenvalue weighted by Crippen LogP contribution is 2.28. The van der Waals surface area contributed by atoms with Crippen LogP contribution in [0.15, 0.2) is 0 Å². The van der Waals surface area contributed by atoms with Crippen LogP contribution in [0, 0.1) is 18.3 Å². The van der Waals surface area contributed by atoms with Crippen LogP contribution < -0.4 is 5.32 Å². The molecule has 1 aliphatic carbocycles. The van der Waals surface area contributed by atoms with E-state index in [0.717, 1.165) is 12.3 Å². The van der Waals surface area contributed by atoms with Gasteiger partial charge in [-0.25, -0.2) is 0 Å². The Bertz CT molecular complexity index is 288. The minimum absolute atomic E-state index is 0.594. The van der Waals surface area contributed by atoms with Crippen molar-refractivity contribution in [3.05, 3.63) is 0 Å². The van der Waals surface area contributed by atoms with Crippen LogP contribution in [0.25, 0.3) is 0 Å². The second-order valence-electron chi connectivity index (χ2n) is 6.28. The molecule has 1 saturated heterocycles. The predicted molar refractivity (Wildman–Crippen MR) is 82.1 cm³/mol. The summed E-state index contributed by atoms with van der Waals surface area (Å²) >= 11 is 0. The summed E-state index contributed by atoms with van der Waals surface area (Å²) in [5.41, 5.74) is 0. The van der Waals surface area contributed by atoms with Crippen molar-refractivity contribution in [3.63, 3.8) is 0 Å². The van der Waals surface area contributed by atoms with Crippen LogP contribution in [0.5, 0.6) is 0 Å². The molecule has 0 aromatic carbocycles. The van der Waals surface area contributed by atoms with E-state index in [2.05, 4.69) is 23.1 Å². The SMILES string of the molecule is C#CCC(CC)N1CCCNC(C2CCCCC2)C1. The Labute approximate surface area is 119 Å². The molecule has 2 aliphatic rings. The van der Waals surface area contributed by atoms with Gasteiger partial charge in [-0.15, -0.1) is 12.3 Å². The van der Waals surface area contributed by atoms with Crippen molar-refractivity contribution < 1.29 is 0 Å². The van der Waals surface area contributed by atoms with E-state index in [4.69, 9.17) is 6.42 Å². The highest BCUT2D eigenvalue weighted by Gasteiger charge is 2.28. The molecule has 0 aromatic rings. The van der Waals surface area contributed by atoms with Crippen molar-refractivity contribution in [1.82, 2.24) is 10.2 Å². The Hall–Kier alpha value is -0.520. The highest BCUT2D eigenvalue weighted by molar-refractivity contribution is 4.93. The monoisotopic (exact) mass is 262 g/mol. The molecule has 1 N–H and O–H groups in total. The summed E-state index contributed by atoms with van der Waals surface area (Å²) in [5.74, 6) is 3.77. The topological polar surface area (TPSA) is 15.3 Å². The number of hydrogen-bond acceptors (Lipinski definition) is 2. The van der Waals surface area contributed by atoms with Crippen LogP contribution in [0.4, 0.5) is 0 Å². The van der Waals surface area contributed by atoms with Gasteiger partial charge in [-0.1, -0.05) is 26.2 Å². The quantitative estimate of drug-likeness (QED) is 0.784. The van der Waals surface area contributed by atoms with E-state index in [-0.39, 0.29) is 0 Å². The molecule has 2 nitrogen and oxygen atoms in total. The van der Waals surface area contributed by atoms with Gasteiger partial charge in [-0.3, -0.25) is 4.90 Å². The van der Waals surface area contributed by atoms with Crippen molar-refractivity contribution in [2.75, 3.05) is 19.6 Å². The van der Waals surface area contributed by atoms with Crippen molar-refractivity contribution in [2.45, 2.75) is 70.4 Å². The van der Waals surface area contributed by atoms with Gasteiger partial charge in [-0.2, -0.15) is 0 Å². The average Bonchev–Trinajstić information content (AvgIpc) is 2.71. The van der Waals surface area contributed by atoms with E-state index < -0.39 is 0 Å². The fourth-order valence-corrected chi connectivity index (χ4v) is 3.83. The lowest BCUT2D eigenvalue weighted by Crippen LogP contribution is -2.46. The van der Waals surface area contributed by atoms with E-state index in [1.807, 2.05) is 0 Å². The highest BCUT2D eigenvalue weighted by atomic mass is 15.2. The average molecular weight is 262 g/mol. The molecule has 2 rings (SSSR count). The Kier molecular flexibility index (Phi) is 6.20. The first-order valence-electron chi connectivity index (χ1n) is 8.26. The zero-order valence-corrected chi connectivity index (χ0v) is 12.5. The standard InChI is InChI=1S/C17H30N2/c1-3-9-16(4-2)19-13-8-12-18-17(14-19)15-10-6-5-7-11-15/h1,15-18H,4-14H2,2H3. The van der Waals surface area contributed by atoms with Gasteiger partial charge >= 0.3 is 0 Å². The van der Waals surface area contributed by atoms with Gasteiger partial charge in [-0.05, 0) is 44.7 Å². The molecule has 0 bridgehead atoms. The predicted octanol–water partition coefficient (Wildman–Crippen LogP) is 3.03. The first-order valence-corrected chi connectivity index (χ1v) is 8.26. The van der Waals surface area contributed by atoms with E-state index in [9.17, 15) is 0 Å². The molecule has 1 saturated carbocycles. The number of nitrogens with zero attached hydrogens (tertiary/aromatic N) is 1. The molecule has 108 valence electrons. The third kappa shape index (κ3) is 4.23. The summed E-state index contributed by atoms with van der Waals surface area (Å²) in [6, 6.07) is 1.30. The summed E-state index contributed by atoms with van der Waals surface area (Å²) in [4.78, 5) is 2.67. The Morgan fingerprint density at radius 3 is 2.74 bits per heavy atom. The second-order valence-corrected chi connectivity index (χ2v) is 6.28. The number of hydrogen-bond donors (Lipinski definition) is 1. The summed E-state index contributed by atoms with van der Waals surface area (Å²) in [7, 11) is 0. The molecule has 0 spiro atoms. The molecule has 2 unspecified atom stereocenters. The van der Waals surface area contributed by atoms with E-state index in [1.165, 1.54) is 64.6 Å². The number of rotatable bonds is 4. The molecule has 2 atom stereocenters. The van der Waals surface area contributed by atoms with Crippen LogP contribution in [0.1, 0.15) is 58.3 Å². The normalized spacial score (nSPS) is 28.5. The van der Waals surface area contributed by atoms with E-state index in [0.29, 0.717) is 12.1 Å². The minimum atomic E-state index is 0.594. The smallest absolute Gasteiger partial charge is 0.0242 e. The molecule has 0 radical (unpaired) electrons. The third-order valence-corrected chi connectivity index (χ3v) is 5.02. The molecule has 19 heavy (non-hydrogen) atoms. The summed E-state index contributed by atoms with van der Waals surface area (Å²) < 4.78 is 0. The lowest BCUT2D eigenvalue weighted by molar-refractivity contribution is 0.160. The molecule has 0 aromatic heterocycles. The number of terminal acetylenes is 1. The number of nitrogens with one attached hydrogen (secondary N) is 1. The maximum atomic E-state index is 5.54. The zero-order chi connectivity index (χ0) is 13.5. The Morgan fingerprint density at radius 2 is 2.05 bits per heavy atom. The largest absolute Gasteiger partial charge is 0.312 e. The molecule has 1 heterocycles. The lowest BCUT2D eigenvalue weighted by atomic mass is 9.83. The van der Waals surface area contributed by atoms with Crippen LogP contribution in [0.2, 0.25) is 0 Å². The molecule has 2 heteroatoms. The maximum absolute atomic E-state index is 5.54. The Morgan fingerprint density at radius 1 is 1.26 bits per heavy atom. The molecular weight excluding hydrogens is 232 g/mol. The van der Waals surface area contributed by atoms with Crippen molar-refractivity contribution in [3.8, 4) is 12.3 Å². The van der Waals surface area contributed by atoms with Crippen LogP contribution in [-0.2, 0) is 0 Å². The third-order valence-electron chi connectivity index (χ3n) is 5.02. The van der Waals surface area contributed by atoms with E-state index >= 15 is 0 Å². The van der Waals surface area contributed by atoms with Gasteiger partial charge in [0.1, 0.15) is 0 Å². The molecule has 1 aliphatic heterocycles. The van der Waals surface area contributed by atoms with Crippen molar-refractivity contribution >= 4 is 0 Å². The fourth-order valence-electron chi connectivity index (χ4n) is 3.83. The second kappa shape index (κ2) is 7.92. The molecular formula is C17H30N2. The van der Waals surface area contributed by atoms with Crippen molar-refractivity contribution in [2.24, 2.45) is 5.92 Å². The summed E-state index contributed by atoms with van der Waals surface area (Å²) in [5, 5.41) is 3.81. The van der Waals surface area contributed by atoms with Gasteiger partial charge in [0, 0.05) is 25.0 Å². The van der Waals surface area contributed by atoms with Crippen LogP contribution >= 0.6 is 0 Å². The van der Waals surface area contributed by atoms with Crippen molar-refractivity contribution in [1.29, 1.82) is 0 Å². The van der Waals surface area contributed by atoms with Crippen LogP contribution in [-0.4, -0.2) is 36.6 Å². The summed E-state index contributed by atoms with van der Waals surface area (Å²) in [6.45, 7) is 5.89. The van der Waals surface area contributed by atoms with Gasteiger partial charge in [0.05, 0.1) is 0 Å². The molecule has 0 amide bonds. The molecule has 2 fully saturated rings. The zero-order valence-electron chi connectivity index (χ0n) is 12.5. The minimum Gasteiger partial charge on any atom is -0.312 e. The maximum Gasteiger partial charge on any atom is 0.0242 e. The lowest BCUT2D eigenvalue weighted by Gasteiger charge is -2.35. The first kappa shape index (κ1) is 14.9. The van der Waals surface area contributed by atoms with Gasteiger partial charge in [0.2, 0.25) is 0 Å². The van der Waals surface area contributed by atoms with Crippen LogP contribution in [0.3, 0.4) is 0 Å². The first-order chi connectivity index (χ1) is 9.35. The van der Waals surface area contributed by atoms with Gasteiger partial charge in [0.25, 0.3) is 0 Å². The fraction of sp³-hybridized carbons (Fsp3) is 0.882. The van der Waals surface area contributed by atoms with Gasteiger partial charge < -0.3 is 5.32 Å². The summed E-state index contributed by atoms with van der Waals surface area (Å²) in [6.07, 6.45) is 16.1.